The number of halogens is 1. The Kier molecular flexibility index (Phi) is 4.96. The van der Waals surface area contributed by atoms with Gasteiger partial charge in [-0.15, -0.1) is 0 Å². The van der Waals surface area contributed by atoms with Crippen LogP contribution in [0.1, 0.15) is 5.56 Å². The van der Waals surface area contributed by atoms with Crippen molar-refractivity contribution in [3.05, 3.63) is 68.7 Å². The fourth-order valence-electron chi connectivity index (χ4n) is 1.65. The second kappa shape index (κ2) is 6.75. The Balaban J connectivity index is 2.32. The number of oxime groups is 1. The molecule has 0 atom stereocenters. The summed E-state index contributed by atoms with van der Waals surface area (Å²) in [5.41, 5.74) is 5.47. The molecule has 0 aliphatic carbocycles. The van der Waals surface area contributed by atoms with Gasteiger partial charge < -0.3 is 5.73 Å². The maximum atomic E-state index is 12.1. The summed E-state index contributed by atoms with van der Waals surface area (Å²) in [6.45, 7) is 0. The van der Waals surface area contributed by atoms with Crippen LogP contribution in [-0.2, 0) is 14.4 Å². The summed E-state index contributed by atoms with van der Waals surface area (Å²) in [6, 6.07) is 11.4. The second-order valence-corrected chi connectivity index (χ2v) is 6.65. The van der Waals surface area contributed by atoms with Gasteiger partial charge in [-0.1, -0.05) is 40.2 Å². The number of rotatable bonds is 5. The van der Waals surface area contributed by atoms with Crippen LogP contribution in [0.3, 0.4) is 0 Å². The van der Waals surface area contributed by atoms with Crippen molar-refractivity contribution in [2.45, 2.75) is 4.90 Å². The SMILES string of the molecule is N/C(=N\OS(=O)(=O)c1ccccc1[N+](=O)[O-])c1cccc(Br)c1. The van der Waals surface area contributed by atoms with Gasteiger partial charge in [-0.05, 0) is 23.4 Å². The van der Waals surface area contributed by atoms with Crippen LogP contribution in [0.25, 0.3) is 0 Å². The highest BCUT2D eigenvalue weighted by Crippen LogP contribution is 2.24. The third-order valence-electron chi connectivity index (χ3n) is 2.69. The Hall–Kier alpha value is -2.46. The Morgan fingerprint density at radius 2 is 1.91 bits per heavy atom. The Morgan fingerprint density at radius 1 is 1.22 bits per heavy atom. The lowest BCUT2D eigenvalue weighted by atomic mass is 10.2. The van der Waals surface area contributed by atoms with Crippen molar-refractivity contribution >= 4 is 37.6 Å². The summed E-state index contributed by atoms with van der Waals surface area (Å²) in [5.74, 6) is -0.187. The van der Waals surface area contributed by atoms with Crippen LogP contribution in [0.4, 0.5) is 5.69 Å². The molecule has 0 saturated heterocycles. The topological polar surface area (TPSA) is 125 Å². The number of benzene rings is 2. The smallest absolute Gasteiger partial charge is 0.365 e. The third kappa shape index (κ3) is 4.05. The molecule has 2 aromatic carbocycles. The summed E-state index contributed by atoms with van der Waals surface area (Å²) in [6.07, 6.45) is 0. The van der Waals surface area contributed by atoms with Crippen molar-refractivity contribution in [2.75, 3.05) is 0 Å². The zero-order valence-corrected chi connectivity index (χ0v) is 13.8. The number of nitrogens with zero attached hydrogens (tertiary/aromatic N) is 2. The van der Waals surface area contributed by atoms with Crippen molar-refractivity contribution < 1.29 is 17.6 Å². The molecule has 0 fully saturated rings. The van der Waals surface area contributed by atoms with E-state index in [0.717, 1.165) is 16.6 Å². The van der Waals surface area contributed by atoms with Gasteiger partial charge in [0.2, 0.25) is 0 Å². The van der Waals surface area contributed by atoms with Gasteiger partial charge in [0.1, 0.15) is 0 Å². The number of nitro benzene ring substituents is 1. The maximum Gasteiger partial charge on any atom is 0.365 e. The fraction of sp³-hybridized carbons (Fsp3) is 0. The third-order valence-corrected chi connectivity index (χ3v) is 4.33. The van der Waals surface area contributed by atoms with Crippen LogP contribution in [0, 0.1) is 10.1 Å². The summed E-state index contributed by atoms with van der Waals surface area (Å²) >= 11 is 3.24. The van der Waals surface area contributed by atoms with Crippen molar-refractivity contribution in [1.29, 1.82) is 0 Å². The molecule has 0 radical (unpaired) electrons. The highest BCUT2D eigenvalue weighted by Gasteiger charge is 2.27. The standard InChI is InChI=1S/C13H10BrN3O5S/c14-10-5-3-4-9(8-10)13(15)16-22-23(20,21)12-7-2-1-6-11(12)17(18)19/h1-8H,(H2,15,16). The molecule has 120 valence electrons. The summed E-state index contributed by atoms with van der Waals surface area (Å²) in [4.78, 5) is 9.46. The molecule has 0 aliphatic rings. The van der Waals surface area contributed by atoms with E-state index in [0.29, 0.717) is 5.56 Å². The van der Waals surface area contributed by atoms with Crippen LogP contribution < -0.4 is 5.73 Å². The number of nitro groups is 1. The van der Waals surface area contributed by atoms with Gasteiger partial charge in [0.25, 0.3) is 5.69 Å². The average Bonchev–Trinajstić information content (AvgIpc) is 2.52. The molecule has 0 unspecified atom stereocenters. The lowest BCUT2D eigenvalue weighted by Crippen LogP contribution is -2.15. The van der Waals surface area contributed by atoms with Gasteiger partial charge in [0.15, 0.2) is 10.7 Å². The van der Waals surface area contributed by atoms with Crippen LogP contribution in [0.5, 0.6) is 0 Å². The zero-order chi connectivity index (χ0) is 17.0. The molecule has 8 nitrogen and oxygen atoms in total. The molecule has 2 rings (SSSR count). The first-order valence-corrected chi connectivity index (χ1v) is 8.28. The van der Waals surface area contributed by atoms with E-state index in [-0.39, 0.29) is 5.84 Å². The van der Waals surface area contributed by atoms with Crippen molar-refractivity contribution in [3.8, 4) is 0 Å². The van der Waals surface area contributed by atoms with Gasteiger partial charge in [0, 0.05) is 16.1 Å². The number of hydrogen-bond acceptors (Lipinski definition) is 6. The van der Waals surface area contributed by atoms with E-state index >= 15 is 0 Å². The van der Waals surface area contributed by atoms with Crippen molar-refractivity contribution in [1.82, 2.24) is 0 Å². The molecule has 0 aromatic heterocycles. The quantitative estimate of drug-likeness (QED) is 0.356. The molecule has 10 heteroatoms. The Morgan fingerprint density at radius 3 is 2.57 bits per heavy atom. The summed E-state index contributed by atoms with van der Waals surface area (Å²) in [7, 11) is -4.47. The average molecular weight is 400 g/mol. The molecule has 2 N–H and O–H groups in total. The second-order valence-electron chi connectivity index (χ2n) is 4.24. The minimum atomic E-state index is -4.47. The van der Waals surface area contributed by atoms with E-state index in [1.165, 1.54) is 12.1 Å². The first kappa shape index (κ1) is 16.9. The largest absolute Gasteiger partial charge is 0.380 e. The number of amidine groups is 1. The molecule has 0 spiro atoms. The number of nitrogens with two attached hydrogens (primary N) is 1. The normalized spacial score (nSPS) is 12.0. The van der Waals surface area contributed by atoms with Gasteiger partial charge in [-0.25, -0.2) is 0 Å². The minimum Gasteiger partial charge on any atom is -0.380 e. The van der Waals surface area contributed by atoms with E-state index in [2.05, 4.69) is 25.4 Å². The molecule has 0 aliphatic heterocycles. The number of hydrogen-bond donors (Lipinski definition) is 1. The van der Waals surface area contributed by atoms with Gasteiger partial charge in [-0.2, -0.15) is 8.42 Å². The van der Waals surface area contributed by atoms with Crippen molar-refractivity contribution in [2.24, 2.45) is 10.9 Å². The first-order valence-electron chi connectivity index (χ1n) is 6.08. The molecule has 23 heavy (non-hydrogen) atoms. The maximum absolute atomic E-state index is 12.1. The molecule has 0 heterocycles. The Labute approximate surface area is 140 Å². The molecule has 2 aromatic rings. The van der Waals surface area contributed by atoms with E-state index in [1.807, 2.05) is 0 Å². The highest BCUT2D eigenvalue weighted by atomic mass is 79.9. The highest BCUT2D eigenvalue weighted by molar-refractivity contribution is 9.10. The zero-order valence-electron chi connectivity index (χ0n) is 11.4. The number of para-hydroxylation sites is 1. The molecule has 0 bridgehead atoms. The minimum absolute atomic E-state index is 0.187. The first-order chi connectivity index (χ1) is 10.8. The lowest BCUT2D eigenvalue weighted by molar-refractivity contribution is -0.387. The van der Waals surface area contributed by atoms with Gasteiger partial charge >= 0.3 is 10.1 Å². The Bertz CT molecular complexity index is 883. The molecule has 0 saturated carbocycles. The predicted molar refractivity (Wildman–Crippen MR) is 86.2 cm³/mol. The van der Waals surface area contributed by atoms with E-state index < -0.39 is 25.6 Å². The summed E-state index contributed by atoms with van der Waals surface area (Å²) in [5, 5.41) is 14.2. The lowest BCUT2D eigenvalue weighted by Gasteiger charge is -2.04. The van der Waals surface area contributed by atoms with E-state index in [4.69, 9.17) is 5.73 Å². The van der Waals surface area contributed by atoms with Crippen LogP contribution in [-0.4, -0.2) is 19.2 Å². The van der Waals surface area contributed by atoms with Gasteiger partial charge in [0.05, 0.1) is 4.92 Å². The fourth-order valence-corrected chi connectivity index (χ4v) is 2.95. The van der Waals surface area contributed by atoms with Crippen LogP contribution in [0.2, 0.25) is 0 Å². The summed E-state index contributed by atoms with van der Waals surface area (Å²) < 4.78 is 29.3. The van der Waals surface area contributed by atoms with Crippen LogP contribution >= 0.6 is 15.9 Å². The van der Waals surface area contributed by atoms with E-state index in [9.17, 15) is 18.5 Å². The molecular weight excluding hydrogens is 390 g/mol. The van der Waals surface area contributed by atoms with E-state index in [1.54, 1.807) is 24.3 Å². The monoisotopic (exact) mass is 399 g/mol. The van der Waals surface area contributed by atoms with Crippen molar-refractivity contribution in [3.63, 3.8) is 0 Å². The van der Waals surface area contributed by atoms with Crippen LogP contribution in [0.15, 0.2) is 63.1 Å². The van der Waals surface area contributed by atoms with Gasteiger partial charge in [-0.3, -0.25) is 14.4 Å². The molecular formula is C13H10BrN3O5S. The molecule has 0 amide bonds. The predicted octanol–water partition coefficient (Wildman–Crippen LogP) is 2.38.